The molecule has 0 saturated heterocycles. The van der Waals surface area contributed by atoms with Crippen LogP contribution in [0.2, 0.25) is 13.1 Å². The molecule has 3 heteroatoms. The van der Waals surface area contributed by atoms with E-state index in [4.69, 9.17) is 8.85 Å². The van der Waals surface area contributed by atoms with Crippen molar-refractivity contribution in [3.8, 4) is 0 Å². The van der Waals surface area contributed by atoms with Crippen LogP contribution in [-0.4, -0.2) is 8.56 Å². The number of hydrogen-bond donors (Lipinski definition) is 0. The van der Waals surface area contributed by atoms with Gasteiger partial charge in [0.25, 0.3) is 0 Å². The van der Waals surface area contributed by atoms with Gasteiger partial charge in [0.2, 0.25) is 0 Å². The van der Waals surface area contributed by atoms with Gasteiger partial charge in [0, 0.05) is 24.2 Å². The minimum atomic E-state index is -2.40. The molecule has 0 aromatic heterocycles. The second kappa shape index (κ2) is 6.69. The minimum absolute atomic E-state index is 0.676. The summed E-state index contributed by atoms with van der Waals surface area (Å²) in [6.07, 6.45) is 2.12. The van der Waals surface area contributed by atoms with Crippen LogP contribution in [0.3, 0.4) is 0 Å². The van der Waals surface area contributed by atoms with Crippen molar-refractivity contribution in [3.05, 3.63) is 83.4 Å². The van der Waals surface area contributed by atoms with Crippen LogP contribution in [0.4, 0.5) is 0 Å². The van der Waals surface area contributed by atoms with Gasteiger partial charge in [-0.25, -0.2) is 0 Å². The Balaban J connectivity index is 1.80. The maximum absolute atomic E-state index is 6.45. The highest BCUT2D eigenvalue weighted by Gasteiger charge is 2.33. The first-order valence-electron chi connectivity index (χ1n) is 8.37. The Hall–Kier alpha value is -2.26. The van der Waals surface area contributed by atoms with E-state index in [0.717, 1.165) is 24.2 Å². The van der Waals surface area contributed by atoms with E-state index in [-0.39, 0.29) is 0 Å². The van der Waals surface area contributed by atoms with E-state index in [1.165, 1.54) is 16.7 Å². The lowest BCUT2D eigenvalue weighted by atomic mass is 9.91. The molecular formula is C21H24O2Si. The van der Waals surface area contributed by atoms with Gasteiger partial charge in [-0.2, -0.15) is 0 Å². The summed E-state index contributed by atoms with van der Waals surface area (Å²) in [4.78, 5) is 0. The second-order valence-electron chi connectivity index (χ2n) is 6.66. The van der Waals surface area contributed by atoms with Gasteiger partial charge >= 0.3 is 8.56 Å². The van der Waals surface area contributed by atoms with Crippen molar-refractivity contribution < 1.29 is 8.85 Å². The van der Waals surface area contributed by atoms with Crippen molar-refractivity contribution in [3.63, 3.8) is 0 Å². The third-order valence-electron chi connectivity index (χ3n) is 4.23. The topological polar surface area (TPSA) is 18.5 Å². The van der Waals surface area contributed by atoms with Crippen LogP contribution in [-0.2, 0) is 15.3 Å². The summed E-state index contributed by atoms with van der Waals surface area (Å²) >= 11 is 0. The molecule has 0 aliphatic heterocycles. The van der Waals surface area contributed by atoms with Crippen molar-refractivity contribution >= 4 is 20.1 Å². The molecule has 0 unspecified atom stereocenters. The lowest BCUT2D eigenvalue weighted by Gasteiger charge is -2.31. The predicted octanol–water partition coefficient (Wildman–Crippen LogP) is 5.77. The molecule has 0 saturated carbocycles. The molecule has 1 aliphatic rings. The highest BCUT2D eigenvalue weighted by molar-refractivity contribution is 6.66. The molecule has 2 aromatic rings. The maximum atomic E-state index is 6.45. The fourth-order valence-electron chi connectivity index (χ4n) is 3.01. The Morgan fingerprint density at radius 1 is 0.958 bits per heavy atom. The highest BCUT2D eigenvalue weighted by atomic mass is 28.4. The predicted molar refractivity (Wildman–Crippen MR) is 102 cm³/mol. The molecule has 24 heavy (non-hydrogen) atoms. The standard InChI is InChI=1S/C21H24O2Si/c1-16-14-15-19-12-8-9-13-20(19)21(16)23-24(3,4)22-17(2)18-10-6-5-7-11-18/h5-13H,2,14-15H2,1,3-4H3. The Labute approximate surface area is 145 Å². The number of benzene rings is 2. The fourth-order valence-corrected chi connectivity index (χ4v) is 4.54. The van der Waals surface area contributed by atoms with Crippen molar-refractivity contribution in [1.82, 2.24) is 0 Å². The number of fused-ring (bicyclic) bond motifs is 1. The summed E-state index contributed by atoms with van der Waals surface area (Å²) in [5, 5.41) is 0. The molecular weight excluding hydrogens is 312 g/mol. The van der Waals surface area contributed by atoms with E-state index in [0.29, 0.717) is 5.76 Å². The summed E-state index contributed by atoms with van der Waals surface area (Å²) in [7, 11) is -2.40. The summed E-state index contributed by atoms with van der Waals surface area (Å²) in [6, 6.07) is 18.5. The van der Waals surface area contributed by atoms with Crippen LogP contribution in [0.25, 0.3) is 11.5 Å². The molecule has 124 valence electrons. The van der Waals surface area contributed by atoms with Crippen molar-refractivity contribution in [2.75, 3.05) is 0 Å². The lowest BCUT2D eigenvalue weighted by Crippen LogP contribution is -2.34. The molecule has 0 heterocycles. The van der Waals surface area contributed by atoms with Gasteiger partial charge in [-0.3, -0.25) is 0 Å². The smallest absolute Gasteiger partial charge is 0.454 e. The molecule has 3 rings (SSSR count). The summed E-state index contributed by atoms with van der Waals surface area (Å²) in [5.74, 6) is 1.67. The van der Waals surface area contributed by atoms with Crippen molar-refractivity contribution in [2.45, 2.75) is 32.9 Å². The number of hydrogen-bond acceptors (Lipinski definition) is 2. The summed E-state index contributed by atoms with van der Waals surface area (Å²) < 4.78 is 12.6. The lowest BCUT2D eigenvalue weighted by molar-refractivity contribution is 0.350. The van der Waals surface area contributed by atoms with E-state index in [1.54, 1.807) is 0 Å². The molecule has 2 nitrogen and oxygen atoms in total. The fraction of sp³-hybridized carbons (Fsp3) is 0.238. The molecule has 1 aliphatic carbocycles. The van der Waals surface area contributed by atoms with Gasteiger partial charge in [0.05, 0.1) is 0 Å². The van der Waals surface area contributed by atoms with Gasteiger partial charge < -0.3 is 8.85 Å². The zero-order valence-corrected chi connectivity index (χ0v) is 15.6. The van der Waals surface area contributed by atoms with Crippen LogP contribution in [0.1, 0.15) is 30.0 Å². The van der Waals surface area contributed by atoms with Crippen molar-refractivity contribution in [2.24, 2.45) is 0 Å². The number of rotatable bonds is 5. The third kappa shape index (κ3) is 3.62. The monoisotopic (exact) mass is 336 g/mol. The maximum Gasteiger partial charge on any atom is 0.454 e. The van der Waals surface area contributed by atoms with E-state index < -0.39 is 8.56 Å². The zero-order valence-electron chi connectivity index (χ0n) is 14.6. The van der Waals surface area contributed by atoms with Crippen molar-refractivity contribution in [1.29, 1.82) is 0 Å². The van der Waals surface area contributed by atoms with Gasteiger partial charge in [0.15, 0.2) is 0 Å². The molecule has 0 atom stereocenters. The largest absolute Gasteiger partial charge is 0.512 e. The van der Waals surface area contributed by atoms with Gasteiger partial charge in [0.1, 0.15) is 11.5 Å². The quantitative estimate of drug-likeness (QED) is 0.510. The normalized spacial score (nSPS) is 14.1. The van der Waals surface area contributed by atoms with Gasteiger partial charge in [-0.15, -0.1) is 0 Å². The zero-order chi connectivity index (χ0) is 17.2. The van der Waals surface area contributed by atoms with E-state index >= 15 is 0 Å². The summed E-state index contributed by atoms with van der Waals surface area (Å²) in [6.45, 7) is 10.4. The van der Waals surface area contributed by atoms with Crippen LogP contribution < -0.4 is 0 Å². The Morgan fingerprint density at radius 2 is 1.62 bits per heavy atom. The molecule has 0 radical (unpaired) electrons. The van der Waals surface area contributed by atoms with Gasteiger partial charge in [-0.05, 0) is 30.9 Å². The SMILES string of the molecule is C=C(O[Si](C)(C)OC1=C(C)CCc2ccccc21)c1ccccc1. The average molecular weight is 337 g/mol. The van der Waals surface area contributed by atoms with E-state index in [2.05, 4.69) is 50.9 Å². The minimum Gasteiger partial charge on any atom is -0.512 e. The Morgan fingerprint density at radius 3 is 2.38 bits per heavy atom. The van der Waals surface area contributed by atoms with E-state index in [9.17, 15) is 0 Å². The number of aryl methyl sites for hydroxylation is 1. The molecule has 0 amide bonds. The van der Waals surface area contributed by atoms with Crippen LogP contribution in [0, 0.1) is 0 Å². The first kappa shape index (κ1) is 16.6. The molecule has 0 bridgehead atoms. The molecule has 2 aromatic carbocycles. The van der Waals surface area contributed by atoms with Crippen LogP contribution >= 0.6 is 0 Å². The highest BCUT2D eigenvalue weighted by Crippen LogP contribution is 2.35. The second-order valence-corrected chi connectivity index (χ2v) is 9.87. The third-order valence-corrected chi connectivity index (χ3v) is 5.67. The number of allylic oxidation sites excluding steroid dienone is 1. The molecule has 0 N–H and O–H groups in total. The molecule has 0 fully saturated rings. The van der Waals surface area contributed by atoms with E-state index in [1.807, 2.05) is 30.3 Å². The first-order valence-corrected chi connectivity index (χ1v) is 11.2. The Kier molecular flexibility index (Phi) is 4.63. The Bertz CT molecular complexity index is 775. The van der Waals surface area contributed by atoms with Crippen LogP contribution in [0.15, 0.2) is 66.7 Å². The summed E-state index contributed by atoms with van der Waals surface area (Å²) in [5.41, 5.74) is 4.85. The molecule has 0 spiro atoms. The van der Waals surface area contributed by atoms with Crippen LogP contribution in [0.5, 0.6) is 0 Å². The first-order chi connectivity index (χ1) is 11.5. The average Bonchev–Trinajstić information content (AvgIpc) is 2.58. The van der Waals surface area contributed by atoms with Gasteiger partial charge in [-0.1, -0.05) is 61.2 Å².